The third kappa shape index (κ3) is 3.54. The fraction of sp³-hybridized carbons (Fsp3) is 0.273. The third-order valence-corrected chi connectivity index (χ3v) is 5.68. The molecule has 4 heterocycles. The Morgan fingerprint density at radius 1 is 1.28 bits per heavy atom. The molecule has 0 spiro atoms. The average molecular weight is 432 g/mol. The number of hydrogen-bond acceptors (Lipinski definition) is 9. The first-order chi connectivity index (χ1) is 15.7. The van der Waals surface area contributed by atoms with E-state index >= 15 is 0 Å². The number of furan rings is 1. The molecular formula is C22H24N8O2. The predicted molar refractivity (Wildman–Crippen MR) is 121 cm³/mol. The van der Waals surface area contributed by atoms with Gasteiger partial charge in [0.25, 0.3) is 0 Å². The number of anilines is 2. The van der Waals surface area contributed by atoms with Crippen molar-refractivity contribution in [3.8, 4) is 17.3 Å². The van der Waals surface area contributed by atoms with E-state index in [0.29, 0.717) is 35.2 Å². The molecule has 0 aliphatic carbocycles. The molecule has 4 N–H and O–H groups in total. The van der Waals surface area contributed by atoms with Crippen LogP contribution in [0.3, 0.4) is 0 Å². The van der Waals surface area contributed by atoms with Gasteiger partial charge in [-0.3, -0.25) is 4.90 Å². The van der Waals surface area contributed by atoms with Crippen molar-refractivity contribution >= 4 is 23.6 Å². The SMILES string of the molecule is COc1cccc2c1CN(CCNc1nc(N)n3nc(-c4ccco4)nc3c1C=N)CC2. The second-order valence-corrected chi connectivity index (χ2v) is 7.58. The Kier molecular flexibility index (Phi) is 5.20. The van der Waals surface area contributed by atoms with Crippen molar-refractivity contribution in [1.82, 2.24) is 24.5 Å². The van der Waals surface area contributed by atoms with Crippen LogP contribution in [0.1, 0.15) is 16.7 Å². The molecular weight excluding hydrogens is 408 g/mol. The molecule has 10 nitrogen and oxygen atoms in total. The van der Waals surface area contributed by atoms with Gasteiger partial charge in [0.05, 0.1) is 18.9 Å². The van der Waals surface area contributed by atoms with Crippen molar-refractivity contribution in [2.45, 2.75) is 13.0 Å². The standard InChI is InChI=1S/C22H24N8O2/c1-31-17-5-2-4-14-7-9-29(13-16(14)17)10-8-25-19-15(12-23)21-26-20(18-6-3-11-32-18)28-30(21)22(24)27-19/h2-6,11-12,23,25H,7-10,13H2,1H3,(H2,24,27). The normalized spacial score (nSPS) is 13.8. The van der Waals surface area contributed by atoms with E-state index in [-0.39, 0.29) is 5.95 Å². The lowest BCUT2D eigenvalue weighted by Crippen LogP contribution is -2.34. The fourth-order valence-corrected chi connectivity index (χ4v) is 4.07. The third-order valence-electron chi connectivity index (χ3n) is 5.68. The summed E-state index contributed by atoms with van der Waals surface area (Å²) < 4.78 is 12.3. The highest BCUT2D eigenvalue weighted by Crippen LogP contribution is 2.28. The maximum Gasteiger partial charge on any atom is 0.225 e. The Hall–Kier alpha value is -3.92. The maximum atomic E-state index is 7.90. The van der Waals surface area contributed by atoms with Crippen LogP contribution in [0.15, 0.2) is 41.0 Å². The van der Waals surface area contributed by atoms with Gasteiger partial charge in [-0.15, -0.1) is 5.10 Å². The number of nitrogens with one attached hydrogen (secondary N) is 2. The Balaban J connectivity index is 1.33. The molecule has 164 valence electrons. The molecule has 0 atom stereocenters. The summed E-state index contributed by atoms with van der Waals surface area (Å²) in [6.07, 6.45) is 3.76. The molecule has 10 heteroatoms. The van der Waals surface area contributed by atoms with Gasteiger partial charge in [0.2, 0.25) is 11.8 Å². The monoisotopic (exact) mass is 432 g/mol. The molecule has 3 aromatic heterocycles. The van der Waals surface area contributed by atoms with E-state index in [9.17, 15) is 0 Å². The van der Waals surface area contributed by atoms with E-state index in [4.69, 9.17) is 20.3 Å². The Morgan fingerprint density at radius 3 is 2.97 bits per heavy atom. The van der Waals surface area contributed by atoms with Crippen LogP contribution in [-0.2, 0) is 13.0 Å². The Bertz CT molecular complexity index is 1250. The lowest BCUT2D eigenvalue weighted by atomic mass is 9.99. The molecule has 0 amide bonds. The van der Waals surface area contributed by atoms with Crippen LogP contribution in [0.2, 0.25) is 0 Å². The molecule has 0 bridgehead atoms. The van der Waals surface area contributed by atoms with Crippen molar-refractivity contribution in [3.63, 3.8) is 0 Å². The van der Waals surface area contributed by atoms with Crippen LogP contribution in [0.4, 0.5) is 11.8 Å². The number of rotatable bonds is 7. The highest BCUT2D eigenvalue weighted by atomic mass is 16.5. The number of benzene rings is 1. The summed E-state index contributed by atoms with van der Waals surface area (Å²) in [5.41, 5.74) is 9.70. The number of nitrogens with two attached hydrogens (primary N) is 1. The first-order valence-corrected chi connectivity index (χ1v) is 10.4. The van der Waals surface area contributed by atoms with Crippen LogP contribution < -0.4 is 15.8 Å². The summed E-state index contributed by atoms with van der Waals surface area (Å²) in [5.74, 6) is 2.56. The quantitative estimate of drug-likeness (QED) is 0.380. The van der Waals surface area contributed by atoms with Gasteiger partial charge in [0.15, 0.2) is 11.4 Å². The number of hydrogen-bond donors (Lipinski definition) is 3. The van der Waals surface area contributed by atoms with E-state index in [2.05, 4.69) is 31.3 Å². The second-order valence-electron chi connectivity index (χ2n) is 7.58. The smallest absolute Gasteiger partial charge is 0.225 e. The molecule has 1 aliphatic rings. The minimum absolute atomic E-state index is 0.190. The van der Waals surface area contributed by atoms with Gasteiger partial charge < -0.3 is 25.6 Å². The molecule has 1 aliphatic heterocycles. The molecule has 0 fully saturated rings. The van der Waals surface area contributed by atoms with Gasteiger partial charge in [0, 0.05) is 38.0 Å². The Morgan fingerprint density at radius 2 is 2.19 bits per heavy atom. The van der Waals surface area contributed by atoms with Crippen LogP contribution >= 0.6 is 0 Å². The van der Waals surface area contributed by atoms with E-state index < -0.39 is 0 Å². The zero-order chi connectivity index (χ0) is 22.1. The number of aromatic nitrogens is 4. The second kappa shape index (κ2) is 8.31. The summed E-state index contributed by atoms with van der Waals surface area (Å²) >= 11 is 0. The fourth-order valence-electron chi connectivity index (χ4n) is 4.07. The van der Waals surface area contributed by atoms with Gasteiger partial charge >= 0.3 is 0 Å². The van der Waals surface area contributed by atoms with Crippen molar-refractivity contribution in [2.75, 3.05) is 37.8 Å². The van der Waals surface area contributed by atoms with Crippen LogP contribution in [0, 0.1) is 5.41 Å². The number of ether oxygens (including phenoxy) is 1. The number of nitrogens with zero attached hydrogens (tertiary/aromatic N) is 5. The summed E-state index contributed by atoms with van der Waals surface area (Å²) in [7, 11) is 1.71. The van der Waals surface area contributed by atoms with Crippen molar-refractivity contribution in [3.05, 3.63) is 53.3 Å². The van der Waals surface area contributed by atoms with E-state index in [1.807, 2.05) is 12.1 Å². The molecule has 4 aromatic rings. The molecule has 5 rings (SSSR count). The van der Waals surface area contributed by atoms with E-state index in [1.165, 1.54) is 21.9 Å². The topological polar surface area (TPSA) is 131 Å². The minimum atomic E-state index is 0.190. The molecule has 32 heavy (non-hydrogen) atoms. The Labute approximate surface area is 184 Å². The van der Waals surface area contributed by atoms with Crippen molar-refractivity contribution in [1.29, 1.82) is 5.41 Å². The highest BCUT2D eigenvalue weighted by molar-refractivity contribution is 5.93. The minimum Gasteiger partial charge on any atom is -0.496 e. The zero-order valence-electron chi connectivity index (χ0n) is 17.7. The molecule has 0 unspecified atom stereocenters. The van der Waals surface area contributed by atoms with E-state index in [1.54, 1.807) is 25.5 Å². The van der Waals surface area contributed by atoms with Gasteiger partial charge in [-0.1, -0.05) is 12.1 Å². The van der Waals surface area contributed by atoms with Crippen LogP contribution in [0.25, 0.3) is 17.2 Å². The number of fused-ring (bicyclic) bond motifs is 2. The largest absolute Gasteiger partial charge is 0.496 e. The summed E-state index contributed by atoms with van der Waals surface area (Å²) in [5, 5.41) is 15.6. The van der Waals surface area contributed by atoms with Gasteiger partial charge in [0.1, 0.15) is 11.6 Å². The van der Waals surface area contributed by atoms with Gasteiger partial charge in [-0.2, -0.15) is 9.50 Å². The maximum absolute atomic E-state index is 7.90. The highest BCUT2D eigenvalue weighted by Gasteiger charge is 2.20. The average Bonchev–Trinajstić information content (AvgIpc) is 3.49. The van der Waals surface area contributed by atoms with Crippen LogP contribution in [-0.4, -0.2) is 57.4 Å². The van der Waals surface area contributed by atoms with Gasteiger partial charge in [-0.05, 0) is 30.2 Å². The van der Waals surface area contributed by atoms with E-state index in [0.717, 1.165) is 31.8 Å². The number of methoxy groups -OCH3 is 1. The van der Waals surface area contributed by atoms with Crippen molar-refractivity contribution in [2.24, 2.45) is 0 Å². The number of nitrogen functional groups attached to an aromatic ring is 1. The summed E-state index contributed by atoms with van der Waals surface area (Å²) in [4.78, 5) is 11.3. The van der Waals surface area contributed by atoms with Crippen molar-refractivity contribution < 1.29 is 9.15 Å². The first kappa shape index (κ1) is 20.0. The molecule has 0 radical (unpaired) electrons. The molecule has 0 saturated heterocycles. The predicted octanol–water partition coefficient (Wildman–Crippen LogP) is 2.44. The zero-order valence-corrected chi connectivity index (χ0v) is 17.7. The van der Waals surface area contributed by atoms with Crippen LogP contribution in [0.5, 0.6) is 5.75 Å². The summed E-state index contributed by atoms with van der Waals surface area (Å²) in [6.45, 7) is 3.27. The molecule has 1 aromatic carbocycles. The summed E-state index contributed by atoms with van der Waals surface area (Å²) in [6, 6.07) is 9.76. The lowest BCUT2D eigenvalue weighted by molar-refractivity contribution is 0.257. The first-order valence-electron chi connectivity index (χ1n) is 10.4. The lowest BCUT2D eigenvalue weighted by Gasteiger charge is -2.29. The molecule has 0 saturated carbocycles. The van der Waals surface area contributed by atoms with Gasteiger partial charge in [-0.25, -0.2) is 4.98 Å².